The highest BCUT2D eigenvalue weighted by molar-refractivity contribution is 5.97. The summed E-state index contributed by atoms with van der Waals surface area (Å²) in [6, 6.07) is 13.4. The molecule has 2 aliphatic heterocycles. The van der Waals surface area contributed by atoms with E-state index >= 15 is 0 Å². The van der Waals surface area contributed by atoms with Gasteiger partial charge in [-0.05, 0) is 50.8 Å². The Bertz CT molecular complexity index is 1170. The molecule has 0 spiro atoms. The number of carbonyl (C=O) groups is 1. The van der Waals surface area contributed by atoms with E-state index in [0.717, 1.165) is 5.56 Å². The van der Waals surface area contributed by atoms with E-state index < -0.39 is 36.2 Å². The normalized spacial score (nSPS) is 27.5. The SMILES string of the molecule is COCOc1cc(OC)cc2c1C(=O)O[C@@H](C)[C@@H](Cc1ccccc1)/C=C\C(O)[C@H]1OC(C)(C)O[C@H]1CC=C2. The molecule has 8 heteroatoms. The smallest absolute Gasteiger partial charge is 0.342 e. The van der Waals surface area contributed by atoms with Gasteiger partial charge < -0.3 is 33.5 Å². The second kappa shape index (κ2) is 12.8. The lowest BCUT2D eigenvalue weighted by Crippen LogP contribution is -2.34. The molecule has 0 aromatic heterocycles. The number of cyclic esters (lactones) is 1. The first-order valence-electron chi connectivity index (χ1n) is 13.2. The maximum absolute atomic E-state index is 13.7. The molecule has 0 saturated carbocycles. The molecule has 5 atom stereocenters. The molecular formula is C31H38O8. The summed E-state index contributed by atoms with van der Waals surface area (Å²) >= 11 is 0. The summed E-state index contributed by atoms with van der Waals surface area (Å²) in [7, 11) is 3.06. The topological polar surface area (TPSA) is 92.7 Å². The molecule has 0 aliphatic carbocycles. The van der Waals surface area contributed by atoms with Crippen LogP contribution in [-0.4, -0.2) is 62.3 Å². The van der Waals surface area contributed by atoms with Gasteiger partial charge in [-0.2, -0.15) is 0 Å². The summed E-state index contributed by atoms with van der Waals surface area (Å²) in [6.45, 7) is 5.47. The Hall–Kier alpha value is -3.17. The quantitative estimate of drug-likeness (QED) is 0.314. The number of rotatable bonds is 6. The van der Waals surface area contributed by atoms with Crippen molar-refractivity contribution in [3.8, 4) is 11.5 Å². The fourth-order valence-corrected chi connectivity index (χ4v) is 4.94. The van der Waals surface area contributed by atoms with Gasteiger partial charge in [-0.25, -0.2) is 4.79 Å². The van der Waals surface area contributed by atoms with Crippen LogP contribution in [0.1, 0.15) is 48.7 Å². The molecular weight excluding hydrogens is 500 g/mol. The lowest BCUT2D eigenvalue weighted by Gasteiger charge is -2.25. The second-order valence-corrected chi connectivity index (χ2v) is 10.3. The van der Waals surface area contributed by atoms with Gasteiger partial charge in [0.1, 0.15) is 35.4 Å². The number of carbonyl (C=O) groups excluding carboxylic acids is 1. The van der Waals surface area contributed by atoms with Crippen LogP contribution in [0.4, 0.5) is 0 Å². The molecule has 1 unspecified atom stereocenters. The van der Waals surface area contributed by atoms with Crippen molar-refractivity contribution in [2.24, 2.45) is 5.92 Å². The average molecular weight is 539 g/mol. The zero-order valence-corrected chi connectivity index (χ0v) is 23.2. The van der Waals surface area contributed by atoms with Gasteiger partial charge in [-0.15, -0.1) is 0 Å². The summed E-state index contributed by atoms with van der Waals surface area (Å²) in [6.07, 6.45) is 5.99. The van der Waals surface area contributed by atoms with Crippen LogP contribution in [0.5, 0.6) is 11.5 Å². The zero-order chi connectivity index (χ0) is 28.0. The van der Waals surface area contributed by atoms with Crippen LogP contribution in [0, 0.1) is 5.92 Å². The van der Waals surface area contributed by atoms with Crippen molar-refractivity contribution in [1.82, 2.24) is 0 Å². The molecule has 2 aromatic carbocycles. The monoisotopic (exact) mass is 538 g/mol. The Labute approximate surface area is 230 Å². The van der Waals surface area contributed by atoms with Gasteiger partial charge in [0.05, 0.1) is 13.2 Å². The Morgan fingerprint density at radius 2 is 1.85 bits per heavy atom. The Balaban J connectivity index is 1.77. The molecule has 0 radical (unpaired) electrons. The zero-order valence-electron chi connectivity index (χ0n) is 23.2. The third-order valence-electron chi connectivity index (χ3n) is 6.87. The maximum Gasteiger partial charge on any atom is 0.342 e. The minimum Gasteiger partial charge on any atom is -0.497 e. The van der Waals surface area contributed by atoms with Gasteiger partial charge >= 0.3 is 5.97 Å². The van der Waals surface area contributed by atoms with Crippen molar-refractivity contribution in [2.45, 2.75) is 63.8 Å². The molecule has 39 heavy (non-hydrogen) atoms. The predicted molar refractivity (Wildman–Crippen MR) is 147 cm³/mol. The first kappa shape index (κ1) is 28.8. The number of hydrogen-bond donors (Lipinski definition) is 1. The predicted octanol–water partition coefficient (Wildman–Crippen LogP) is 4.94. The van der Waals surface area contributed by atoms with Gasteiger partial charge in [0.25, 0.3) is 0 Å². The summed E-state index contributed by atoms with van der Waals surface area (Å²) in [5, 5.41) is 11.1. The number of hydrogen-bond acceptors (Lipinski definition) is 8. The van der Waals surface area contributed by atoms with E-state index in [1.54, 1.807) is 25.3 Å². The van der Waals surface area contributed by atoms with E-state index in [1.807, 2.05) is 69.3 Å². The molecule has 1 fully saturated rings. The summed E-state index contributed by atoms with van der Waals surface area (Å²) in [4.78, 5) is 13.7. The van der Waals surface area contributed by atoms with Crippen LogP contribution in [0.3, 0.4) is 0 Å². The van der Waals surface area contributed by atoms with Crippen LogP contribution in [0.15, 0.2) is 60.7 Å². The van der Waals surface area contributed by atoms with Crippen molar-refractivity contribution >= 4 is 12.0 Å². The Kier molecular flexibility index (Phi) is 9.45. The van der Waals surface area contributed by atoms with Gasteiger partial charge in [0.15, 0.2) is 12.6 Å². The Morgan fingerprint density at radius 1 is 1.08 bits per heavy atom. The molecule has 8 nitrogen and oxygen atoms in total. The molecule has 2 aromatic rings. The van der Waals surface area contributed by atoms with Crippen LogP contribution >= 0.6 is 0 Å². The molecule has 210 valence electrons. The summed E-state index contributed by atoms with van der Waals surface area (Å²) in [5.74, 6) is -0.775. The number of fused-ring (bicyclic) bond motifs is 2. The highest BCUT2D eigenvalue weighted by Crippen LogP contribution is 2.35. The fourth-order valence-electron chi connectivity index (χ4n) is 4.94. The average Bonchev–Trinajstić information content (AvgIpc) is 3.23. The molecule has 2 heterocycles. The van der Waals surface area contributed by atoms with E-state index in [0.29, 0.717) is 29.9 Å². The molecule has 0 bridgehead atoms. The number of benzene rings is 2. The van der Waals surface area contributed by atoms with Crippen LogP contribution in [0.25, 0.3) is 6.08 Å². The largest absolute Gasteiger partial charge is 0.497 e. The lowest BCUT2D eigenvalue weighted by atomic mass is 9.92. The van der Waals surface area contributed by atoms with E-state index in [2.05, 4.69) is 0 Å². The van der Waals surface area contributed by atoms with Gasteiger partial charge in [0, 0.05) is 19.1 Å². The Morgan fingerprint density at radius 3 is 2.56 bits per heavy atom. The maximum atomic E-state index is 13.7. The first-order chi connectivity index (χ1) is 18.7. The van der Waals surface area contributed by atoms with E-state index in [1.165, 1.54) is 7.11 Å². The second-order valence-electron chi connectivity index (χ2n) is 10.3. The van der Waals surface area contributed by atoms with Crippen LogP contribution < -0.4 is 9.47 Å². The molecule has 2 aliphatic rings. The summed E-state index contributed by atoms with van der Waals surface area (Å²) in [5.41, 5.74) is 1.93. The van der Waals surface area contributed by atoms with E-state index in [-0.39, 0.29) is 18.3 Å². The molecule has 1 N–H and O–H groups in total. The molecule has 1 saturated heterocycles. The first-order valence-corrected chi connectivity index (χ1v) is 13.2. The molecule has 4 rings (SSSR count). The van der Waals surface area contributed by atoms with Crippen LogP contribution in [-0.2, 0) is 25.4 Å². The standard InChI is InChI=1S/C31H38O8/c1-20-22(16-21-10-7-6-8-11-21)14-15-25(32)29-26(38-31(2,3)39-29)13-9-12-23-17-24(35-5)18-27(36-19-34-4)28(23)30(33)37-20/h6-12,14-15,17-18,20,22,25-26,29,32H,13,16,19H2,1-5H3/b12-9?,15-14-/t20-,22+,25?,26-,29+/m0/s1. The molecule has 0 amide bonds. The van der Waals surface area contributed by atoms with Crippen molar-refractivity contribution in [3.63, 3.8) is 0 Å². The number of aliphatic hydroxyl groups excluding tert-OH is 1. The summed E-state index contributed by atoms with van der Waals surface area (Å²) < 4.78 is 34.6. The minimum absolute atomic E-state index is 0.0482. The van der Waals surface area contributed by atoms with Gasteiger partial charge in [-0.1, -0.05) is 54.6 Å². The number of esters is 1. The van der Waals surface area contributed by atoms with E-state index in [9.17, 15) is 9.90 Å². The lowest BCUT2D eigenvalue weighted by molar-refractivity contribution is -0.152. The van der Waals surface area contributed by atoms with Crippen molar-refractivity contribution < 1.29 is 38.3 Å². The third-order valence-corrected chi connectivity index (χ3v) is 6.87. The number of methoxy groups -OCH3 is 2. The third kappa shape index (κ3) is 7.28. The highest BCUT2D eigenvalue weighted by Gasteiger charge is 2.43. The number of ether oxygens (including phenoxy) is 6. The van der Waals surface area contributed by atoms with Crippen LogP contribution in [0.2, 0.25) is 0 Å². The van der Waals surface area contributed by atoms with Gasteiger partial charge in [0.2, 0.25) is 0 Å². The van der Waals surface area contributed by atoms with Crippen molar-refractivity contribution in [2.75, 3.05) is 21.0 Å². The van der Waals surface area contributed by atoms with Gasteiger partial charge in [-0.3, -0.25) is 0 Å². The fraction of sp³-hybridized carbons (Fsp3) is 0.452. The van der Waals surface area contributed by atoms with Crippen molar-refractivity contribution in [3.05, 3.63) is 77.4 Å². The number of aliphatic hydroxyl groups is 1. The minimum atomic E-state index is -0.907. The van der Waals surface area contributed by atoms with Crippen molar-refractivity contribution in [1.29, 1.82) is 0 Å². The highest BCUT2D eigenvalue weighted by atomic mass is 16.8. The van der Waals surface area contributed by atoms with E-state index in [4.69, 9.17) is 28.4 Å².